The largest absolute Gasteiger partial charge is 0.416 e. The van der Waals surface area contributed by atoms with E-state index in [0.29, 0.717) is 17.3 Å². The molecule has 0 amide bonds. The highest BCUT2D eigenvalue weighted by molar-refractivity contribution is 5.60. The second-order valence-electron chi connectivity index (χ2n) is 5.03. The Bertz CT molecular complexity index is 649. The van der Waals surface area contributed by atoms with Crippen molar-refractivity contribution in [2.75, 3.05) is 23.3 Å². The Kier molecular flexibility index (Phi) is 5.08. The predicted molar refractivity (Wildman–Crippen MR) is 85.1 cm³/mol. The van der Waals surface area contributed by atoms with E-state index in [1.165, 1.54) is 12.1 Å². The van der Waals surface area contributed by atoms with E-state index in [4.69, 9.17) is 0 Å². The van der Waals surface area contributed by atoms with E-state index in [1.807, 2.05) is 13.8 Å². The molecule has 4 nitrogen and oxygen atoms in total. The lowest BCUT2D eigenvalue weighted by molar-refractivity contribution is -0.137. The molecule has 0 aliphatic carbocycles. The maximum absolute atomic E-state index is 12.6. The lowest BCUT2D eigenvalue weighted by atomic mass is 10.2. The van der Waals surface area contributed by atoms with Gasteiger partial charge in [-0.3, -0.25) is 0 Å². The summed E-state index contributed by atoms with van der Waals surface area (Å²) in [4.78, 5) is 10.7. The molecule has 0 aliphatic rings. The molecule has 7 heteroatoms. The summed E-state index contributed by atoms with van der Waals surface area (Å²) in [5, 5.41) is 3.02. The van der Waals surface area contributed by atoms with Crippen molar-refractivity contribution < 1.29 is 13.2 Å². The van der Waals surface area contributed by atoms with Crippen LogP contribution in [0.3, 0.4) is 0 Å². The molecule has 0 radical (unpaired) electrons. The van der Waals surface area contributed by atoms with Crippen LogP contribution in [0.15, 0.2) is 30.3 Å². The molecule has 0 atom stereocenters. The van der Waals surface area contributed by atoms with Crippen molar-refractivity contribution in [3.05, 3.63) is 41.7 Å². The van der Waals surface area contributed by atoms with Gasteiger partial charge in [0, 0.05) is 24.8 Å². The van der Waals surface area contributed by atoms with Crippen LogP contribution in [0.25, 0.3) is 0 Å². The SMILES string of the molecule is CCN(CC)c1cc(Nc2ccc(C(F)(F)F)cc2)nc(C)n1. The number of halogens is 3. The van der Waals surface area contributed by atoms with Gasteiger partial charge in [0.05, 0.1) is 5.56 Å². The maximum atomic E-state index is 12.6. The molecule has 0 aliphatic heterocycles. The summed E-state index contributed by atoms with van der Waals surface area (Å²) in [6.45, 7) is 7.47. The summed E-state index contributed by atoms with van der Waals surface area (Å²) in [6.07, 6.45) is -4.33. The molecule has 0 unspecified atom stereocenters. The summed E-state index contributed by atoms with van der Waals surface area (Å²) in [5.74, 6) is 1.94. The number of benzene rings is 1. The van der Waals surface area contributed by atoms with Crippen LogP contribution in [0.1, 0.15) is 25.2 Å². The average Bonchev–Trinajstić information content (AvgIpc) is 2.47. The van der Waals surface area contributed by atoms with Crippen molar-refractivity contribution in [2.45, 2.75) is 26.9 Å². The number of aromatic nitrogens is 2. The molecule has 0 spiro atoms. The number of anilines is 3. The van der Waals surface area contributed by atoms with Crippen molar-refractivity contribution in [3.63, 3.8) is 0 Å². The van der Waals surface area contributed by atoms with E-state index in [2.05, 4.69) is 20.2 Å². The zero-order valence-corrected chi connectivity index (χ0v) is 13.3. The highest BCUT2D eigenvalue weighted by Crippen LogP contribution is 2.30. The molecule has 1 heterocycles. The number of hydrogen-bond donors (Lipinski definition) is 1. The molecule has 0 saturated carbocycles. The number of nitrogens with zero attached hydrogens (tertiary/aromatic N) is 3. The molecule has 124 valence electrons. The molecular weight excluding hydrogens is 305 g/mol. The molecule has 23 heavy (non-hydrogen) atoms. The fraction of sp³-hybridized carbons (Fsp3) is 0.375. The Balaban J connectivity index is 2.23. The maximum Gasteiger partial charge on any atom is 0.416 e. The van der Waals surface area contributed by atoms with Crippen LogP contribution in [-0.4, -0.2) is 23.1 Å². The van der Waals surface area contributed by atoms with E-state index in [9.17, 15) is 13.2 Å². The Labute approximate surface area is 133 Å². The second kappa shape index (κ2) is 6.85. The van der Waals surface area contributed by atoms with Crippen LogP contribution in [0.5, 0.6) is 0 Å². The fourth-order valence-electron chi connectivity index (χ4n) is 2.22. The van der Waals surface area contributed by atoms with Gasteiger partial charge >= 0.3 is 6.18 Å². The minimum absolute atomic E-state index is 0.543. The summed E-state index contributed by atoms with van der Waals surface area (Å²) in [7, 11) is 0. The van der Waals surface area contributed by atoms with Crippen LogP contribution < -0.4 is 10.2 Å². The van der Waals surface area contributed by atoms with Gasteiger partial charge in [-0.25, -0.2) is 9.97 Å². The first-order valence-corrected chi connectivity index (χ1v) is 7.38. The first kappa shape index (κ1) is 17.1. The highest BCUT2D eigenvalue weighted by atomic mass is 19.4. The smallest absolute Gasteiger partial charge is 0.357 e. The van der Waals surface area contributed by atoms with Crippen LogP contribution in [0.2, 0.25) is 0 Å². The molecule has 2 rings (SSSR count). The molecule has 0 saturated heterocycles. The minimum atomic E-state index is -4.33. The van der Waals surface area contributed by atoms with E-state index in [0.717, 1.165) is 31.0 Å². The minimum Gasteiger partial charge on any atom is -0.357 e. The first-order chi connectivity index (χ1) is 10.8. The first-order valence-electron chi connectivity index (χ1n) is 7.38. The Morgan fingerprint density at radius 3 is 2.17 bits per heavy atom. The van der Waals surface area contributed by atoms with Gasteiger partial charge in [-0.15, -0.1) is 0 Å². The van der Waals surface area contributed by atoms with Gasteiger partial charge in [0.15, 0.2) is 0 Å². The van der Waals surface area contributed by atoms with E-state index in [-0.39, 0.29) is 0 Å². The Morgan fingerprint density at radius 1 is 1.04 bits per heavy atom. The molecule has 1 aromatic heterocycles. The van der Waals surface area contributed by atoms with Crippen LogP contribution >= 0.6 is 0 Å². The Morgan fingerprint density at radius 2 is 1.65 bits per heavy atom. The summed E-state index contributed by atoms with van der Waals surface area (Å²) in [6, 6.07) is 6.65. The number of rotatable bonds is 5. The van der Waals surface area contributed by atoms with Crippen molar-refractivity contribution in [3.8, 4) is 0 Å². The van der Waals surface area contributed by atoms with Gasteiger partial charge in [-0.1, -0.05) is 0 Å². The third-order valence-corrected chi connectivity index (χ3v) is 3.40. The molecular formula is C16H19F3N4. The van der Waals surface area contributed by atoms with E-state index >= 15 is 0 Å². The van der Waals surface area contributed by atoms with Crippen LogP contribution in [-0.2, 0) is 6.18 Å². The second-order valence-corrected chi connectivity index (χ2v) is 5.03. The standard InChI is InChI=1S/C16H19F3N4/c1-4-23(5-2)15-10-14(20-11(3)21-15)22-13-8-6-12(7-9-13)16(17,18)19/h6-10H,4-5H2,1-3H3,(H,20,21,22). The monoisotopic (exact) mass is 324 g/mol. The van der Waals surface area contributed by atoms with Gasteiger partial charge in [0.25, 0.3) is 0 Å². The Hall–Kier alpha value is -2.31. The van der Waals surface area contributed by atoms with Crippen LogP contribution in [0, 0.1) is 6.92 Å². The van der Waals surface area contributed by atoms with Gasteiger partial charge in [0.2, 0.25) is 0 Å². The average molecular weight is 324 g/mol. The number of nitrogens with one attached hydrogen (secondary N) is 1. The van der Waals surface area contributed by atoms with Gasteiger partial charge in [0.1, 0.15) is 17.5 Å². The molecule has 1 N–H and O–H groups in total. The third-order valence-electron chi connectivity index (χ3n) is 3.40. The van der Waals surface area contributed by atoms with Gasteiger partial charge < -0.3 is 10.2 Å². The normalized spacial score (nSPS) is 11.4. The molecule has 0 bridgehead atoms. The number of aryl methyl sites for hydroxylation is 1. The molecule has 1 aromatic carbocycles. The van der Waals surface area contributed by atoms with Gasteiger partial charge in [-0.05, 0) is 45.0 Å². The van der Waals surface area contributed by atoms with E-state index < -0.39 is 11.7 Å². The number of hydrogen-bond acceptors (Lipinski definition) is 4. The van der Waals surface area contributed by atoms with Crippen molar-refractivity contribution in [1.29, 1.82) is 0 Å². The fourth-order valence-corrected chi connectivity index (χ4v) is 2.22. The zero-order chi connectivity index (χ0) is 17.0. The van der Waals surface area contributed by atoms with E-state index in [1.54, 1.807) is 13.0 Å². The third kappa shape index (κ3) is 4.34. The summed E-state index contributed by atoms with van der Waals surface area (Å²) in [5.41, 5.74) is -0.132. The van der Waals surface area contributed by atoms with Crippen molar-refractivity contribution in [1.82, 2.24) is 9.97 Å². The quantitative estimate of drug-likeness (QED) is 0.885. The zero-order valence-electron chi connectivity index (χ0n) is 13.3. The lowest BCUT2D eigenvalue weighted by Gasteiger charge is -2.20. The highest BCUT2D eigenvalue weighted by Gasteiger charge is 2.29. The predicted octanol–water partition coefficient (Wildman–Crippen LogP) is 4.39. The van der Waals surface area contributed by atoms with Crippen LogP contribution in [0.4, 0.5) is 30.5 Å². The molecule has 0 fully saturated rings. The summed E-state index contributed by atoms with van der Waals surface area (Å²) >= 11 is 0. The number of alkyl halides is 3. The molecule has 2 aromatic rings. The van der Waals surface area contributed by atoms with Crippen molar-refractivity contribution in [2.24, 2.45) is 0 Å². The lowest BCUT2D eigenvalue weighted by Crippen LogP contribution is -2.23. The van der Waals surface area contributed by atoms with Gasteiger partial charge in [-0.2, -0.15) is 13.2 Å². The topological polar surface area (TPSA) is 41.0 Å². The van der Waals surface area contributed by atoms with Crippen molar-refractivity contribution >= 4 is 17.3 Å². The summed E-state index contributed by atoms with van der Waals surface area (Å²) < 4.78 is 37.7.